The Hall–Kier alpha value is -3.04. The quantitative estimate of drug-likeness (QED) is 0.285. The third-order valence-corrected chi connectivity index (χ3v) is 7.99. The molecule has 1 saturated heterocycles. The first-order chi connectivity index (χ1) is 18.9. The maximum atomic E-state index is 13.1. The summed E-state index contributed by atoms with van der Waals surface area (Å²) in [5.74, 6) is 0. The molecule has 0 radical (unpaired) electrons. The van der Waals surface area contributed by atoms with Crippen molar-refractivity contribution in [2.75, 3.05) is 38.0 Å². The van der Waals surface area contributed by atoms with Crippen molar-refractivity contribution < 1.29 is 4.79 Å². The third kappa shape index (κ3) is 7.33. The number of hydrogen-bond donors (Lipinski definition) is 1. The summed E-state index contributed by atoms with van der Waals surface area (Å²) in [4.78, 5) is 17.6. The van der Waals surface area contributed by atoms with Crippen molar-refractivity contribution in [2.45, 2.75) is 44.9 Å². The number of nitrogens with one attached hydrogen (secondary N) is 1. The third-order valence-electron chi connectivity index (χ3n) is 7.55. The normalized spacial score (nSPS) is 14.7. The van der Waals surface area contributed by atoms with Gasteiger partial charge in [-0.1, -0.05) is 73.4 Å². The summed E-state index contributed by atoms with van der Waals surface area (Å²) < 4.78 is 0. The van der Waals surface area contributed by atoms with Crippen LogP contribution in [0.1, 0.15) is 50.7 Å². The lowest BCUT2D eigenvalue weighted by molar-refractivity contribution is 0.128. The first-order valence-corrected chi connectivity index (χ1v) is 14.5. The van der Waals surface area contributed by atoms with Gasteiger partial charge in [0.25, 0.3) is 0 Å². The summed E-state index contributed by atoms with van der Waals surface area (Å²) in [5, 5.41) is 13.2. The van der Waals surface area contributed by atoms with Crippen molar-refractivity contribution in [1.29, 1.82) is 5.26 Å². The zero-order valence-electron chi connectivity index (χ0n) is 22.7. The minimum absolute atomic E-state index is 0.0481. The topological polar surface area (TPSA) is 59.4 Å². The molecule has 4 rings (SSSR count). The van der Waals surface area contributed by atoms with E-state index in [1.807, 2.05) is 29.2 Å². The van der Waals surface area contributed by atoms with E-state index in [1.165, 1.54) is 5.56 Å². The second-order valence-electron chi connectivity index (χ2n) is 10.4. The molecule has 0 aliphatic carbocycles. The molecule has 1 heterocycles. The molecule has 7 heteroatoms. The van der Waals surface area contributed by atoms with Gasteiger partial charge >= 0.3 is 6.03 Å². The van der Waals surface area contributed by atoms with Crippen LogP contribution in [0.3, 0.4) is 0 Å². The van der Waals surface area contributed by atoms with E-state index in [4.69, 9.17) is 23.2 Å². The van der Waals surface area contributed by atoms with Gasteiger partial charge in [0.15, 0.2) is 0 Å². The highest BCUT2D eigenvalue weighted by atomic mass is 35.5. The zero-order chi connectivity index (χ0) is 27.8. The number of nitrogens with zero attached hydrogens (tertiary/aromatic N) is 3. The molecule has 1 fully saturated rings. The van der Waals surface area contributed by atoms with E-state index in [0.29, 0.717) is 34.4 Å². The zero-order valence-corrected chi connectivity index (χ0v) is 24.2. The number of carbonyl (C=O) groups excluding carboxylic acids is 1. The second kappa shape index (κ2) is 13.3. The van der Waals surface area contributed by atoms with E-state index in [2.05, 4.69) is 54.4 Å². The van der Waals surface area contributed by atoms with Gasteiger partial charge in [0, 0.05) is 40.8 Å². The van der Waals surface area contributed by atoms with E-state index in [-0.39, 0.29) is 11.4 Å². The summed E-state index contributed by atoms with van der Waals surface area (Å²) in [6, 6.07) is 23.7. The van der Waals surface area contributed by atoms with Crippen molar-refractivity contribution in [3.63, 3.8) is 0 Å². The Morgan fingerprint density at radius 1 is 0.949 bits per heavy atom. The summed E-state index contributed by atoms with van der Waals surface area (Å²) in [5.41, 5.74) is 4.66. The predicted octanol–water partition coefficient (Wildman–Crippen LogP) is 8.22. The average molecular weight is 564 g/mol. The van der Waals surface area contributed by atoms with E-state index in [1.54, 1.807) is 18.2 Å². The Morgan fingerprint density at radius 2 is 1.59 bits per heavy atom. The second-order valence-corrected chi connectivity index (χ2v) is 11.3. The van der Waals surface area contributed by atoms with Crippen molar-refractivity contribution in [2.24, 2.45) is 0 Å². The molecule has 3 aromatic carbocycles. The average Bonchev–Trinajstić information content (AvgIpc) is 2.93. The minimum atomic E-state index is -0.131. The number of piperidine rings is 1. The van der Waals surface area contributed by atoms with Gasteiger partial charge in [0.2, 0.25) is 0 Å². The van der Waals surface area contributed by atoms with Crippen LogP contribution in [0.15, 0.2) is 66.7 Å². The lowest BCUT2D eigenvalue weighted by Crippen LogP contribution is -2.51. The van der Waals surface area contributed by atoms with Gasteiger partial charge < -0.3 is 15.1 Å². The fraction of sp³-hybridized carbons (Fsp3) is 0.375. The summed E-state index contributed by atoms with van der Waals surface area (Å²) in [6.07, 6.45) is 3.98. The van der Waals surface area contributed by atoms with Crippen molar-refractivity contribution in [3.05, 3.63) is 87.9 Å². The largest absolute Gasteiger partial charge is 0.324 e. The van der Waals surface area contributed by atoms with Gasteiger partial charge in [-0.25, -0.2) is 4.79 Å². The number of nitriles is 1. The fourth-order valence-electron chi connectivity index (χ4n) is 5.62. The van der Waals surface area contributed by atoms with Crippen LogP contribution in [0.2, 0.25) is 10.0 Å². The predicted molar refractivity (Wildman–Crippen MR) is 162 cm³/mol. The lowest BCUT2D eigenvalue weighted by Gasteiger charge is -2.45. The molecule has 3 aromatic rings. The number of amides is 2. The maximum absolute atomic E-state index is 13.1. The Morgan fingerprint density at radius 3 is 2.18 bits per heavy atom. The van der Waals surface area contributed by atoms with E-state index in [0.717, 1.165) is 56.4 Å². The Kier molecular flexibility index (Phi) is 9.91. The molecule has 1 N–H and O–H groups in total. The van der Waals surface area contributed by atoms with Crippen LogP contribution in [-0.2, 0) is 5.41 Å². The van der Waals surface area contributed by atoms with Gasteiger partial charge in [-0.2, -0.15) is 5.26 Å². The lowest BCUT2D eigenvalue weighted by atomic mass is 9.72. The van der Waals surface area contributed by atoms with Crippen molar-refractivity contribution in [3.8, 4) is 17.2 Å². The number of halogens is 2. The summed E-state index contributed by atoms with van der Waals surface area (Å²) >= 11 is 12.2. The molecular formula is C32H36Cl2N4O. The first kappa shape index (κ1) is 29.0. The Labute approximate surface area is 242 Å². The molecule has 5 nitrogen and oxygen atoms in total. The molecule has 1 aliphatic rings. The number of benzene rings is 3. The van der Waals surface area contributed by atoms with E-state index >= 15 is 0 Å². The molecule has 39 heavy (non-hydrogen) atoms. The van der Waals surface area contributed by atoms with Crippen molar-refractivity contribution >= 4 is 34.9 Å². The van der Waals surface area contributed by atoms with Gasteiger partial charge in [-0.15, -0.1) is 0 Å². The monoisotopic (exact) mass is 562 g/mol. The highest BCUT2D eigenvalue weighted by Gasteiger charge is 2.38. The van der Waals surface area contributed by atoms with Crippen LogP contribution in [0.4, 0.5) is 10.5 Å². The van der Waals surface area contributed by atoms with Crippen molar-refractivity contribution in [1.82, 2.24) is 9.80 Å². The van der Waals surface area contributed by atoms with E-state index in [9.17, 15) is 10.1 Å². The van der Waals surface area contributed by atoms with Gasteiger partial charge in [-0.05, 0) is 85.8 Å². The van der Waals surface area contributed by atoms with Crippen LogP contribution < -0.4 is 5.32 Å². The highest BCUT2D eigenvalue weighted by molar-refractivity contribution is 6.35. The SMILES string of the molecule is CCCN(CCC)CC1(c2ccc(-c3cccc(C#N)c3)cc2)CCN(C(=O)Nc2cc(Cl)cc(Cl)c2)CC1. The number of likely N-dealkylation sites (tertiary alicyclic amines) is 1. The van der Waals surface area contributed by atoms with Crippen LogP contribution in [0.5, 0.6) is 0 Å². The standard InChI is InChI=1S/C32H36Cl2N4O/c1-3-14-37(15-4-2)23-32(27-10-8-25(9-11-27)26-7-5-6-24(18-26)22-35)12-16-38(17-13-32)31(39)36-30-20-28(33)19-29(34)21-30/h5-11,18-21H,3-4,12-17,23H2,1-2H3,(H,36,39). The molecule has 0 atom stereocenters. The van der Waals surface area contributed by atoms with Crippen LogP contribution >= 0.6 is 23.2 Å². The molecule has 0 spiro atoms. The smallest absolute Gasteiger partial charge is 0.321 e. The van der Waals surface area contributed by atoms with E-state index < -0.39 is 0 Å². The van der Waals surface area contributed by atoms with Crippen LogP contribution in [-0.4, -0.2) is 48.6 Å². The molecule has 0 bridgehead atoms. The van der Waals surface area contributed by atoms with Gasteiger partial charge in [0.1, 0.15) is 0 Å². The molecule has 0 saturated carbocycles. The van der Waals surface area contributed by atoms with Gasteiger partial charge in [-0.3, -0.25) is 0 Å². The molecule has 204 valence electrons. The highest BCUT2D eigenvalue weighted by Crippen LogP contribution is 2.38. The molecule has 1 aliphatic heterocycles. The number of carbonyl (C=O) groups is 1. The number of urea groups is 1. The summed E-state index contributed by atoms with van der Waals surface area (Å²) in [6.45, 7) is 8.89. The number of hydrogen-bond acceptors (Lipinski definition) is 3. The fourth-order valence-corrected chi connectivity index (χ4v) is 6.15. The molecule has 2 amide bonds. The van der Waals surface area contributed by atoms with Crippen LogP contribution in [0.25, 0.3) is 11.1 Å². The number of anilines is 1. The Bertz CT molecular complexity index is 1280. The number of rotatable bonds is 9. The maximum Gasteiger partial charge on any atom is 0.321 e. The first-order valence-electron chi connectivity index (χ1n) is 13.7. The Balaban J connectivity index is 1.55. The molecular weight excluding hydrogens is 527 g/mol. The molecule has 0 aromatic heterocycles. The molecule has 0 unspecified atom stereocenters. The van der Waals surface area contributed by atoms with Gasteiger partial charge in [0.05, 0.1) is 11.6 Å². The summed E-state index contributed by atoms with van der Waals surface area (Å²) in [7, 11) is 0. The van der Waals surface area contributed by atoms with Crippen LogP contribution in [0, 0.1) is 11.3 Å². The minimum Gasteiger partial charge on any atom is -0.324 e.